The highest BCUT2D eigenvalue weighted by molar-refractivity contribution is 8.27. The van der Waals surface area contributed by atoms with Crippen molar-refractivity contribution >= 4 is 39.8 Å². The number of amides is 1. The quantitative estimate of drug-likeness (QED) is 0.512. The van der Waals surface area contributed by atoms with Crippen molar-refractivity contribution in [2.24, 2.45) is 10.1 Å². The molecule has 0 saturated carbocycles. The van der Waals surface area contributed by atoms with Gasteiger partial charge in [-0.15, -0.1) is 0 Å². The number of nitrogens with zero attached hydrogens (tertiary/aromatic N) is 4. The molecule has 0 aliphatic carbocycles. The van der Waals surface area contributed by atoms with E-state index in [1.165, 1.54) is 22.2 Å². The van der Waals surface area contributed by atoms with Crippen LogP contribution in [-0.4, -0.2) is 31.5 Å². The Morgan fingerprint density at radius 2 is 1.74 bits per heavy atom. The highest BCUT2D eigenvalue weighted by Crippen LogP contribution is 2.32. The summed E-state index contributed by atoms with van der Waals surface area (Å²) in [6.45, 7) is 8.13. The van der Waals surface area contributed by atoms with Gasteiger partial charge in [0.05, 0.1) is 5.57 Å². The number of nitrogens with one attached hydrogen (secondary N) is 1. The molecule has 0 fully saturated rings. The van der Waals surface area contributed by atoms with Crippen LogP contribution in [0.2, 0.25) is 0 Å². The summed E-state index contributed by atoms with van der Waals surface area (Å²) in [4.78, 5) is 17.0. The molecular weight excluding hydrogens is 449 g/mol. The van der Waals surface area contributed by atoms with Crippen molar-refractivity contribution in [3.8, 4) is 5.69 Å². The Hall–Kier alpha value is -3.78. The van der Waals surface area contributed by atoms with Gasteiger partial charge in [0.25, 0.3) is 5.91 Å². The summed E-state index contributed by atoms with van der Waals surface area (Å²) in [6, 6.07) is 14.6. The third-order valence-corrected chi connectivity index (χ3v) is 6.74. The molecule has 0 radical (unpaired) electrons. The number of fused-ring (bicyclic) bond motifs is 1. The molecule has 0 spiro atoms. The highest BCUT2D eigenvalue weighted by atomic mass is 32.2. The Balaban J connectivity index is 1.53. The number of carbonyl (C=O) groups excluding carboxylic acids is 1. The maximum absolute atomic E-state index is 14.2. The minimum absolute atomic E-state index is 0.0787. The van der Waals surface area contributed by atoms with Crippen LogP contribution in [0.4, 0.5) is 4.39 Å². The number of aromatic nitrogens is 1. The largest absolute Gasteiger partial charge is 0.318 e. The minimum atomic E-state index is -0.509. The first-order valence-electron chi connectivity index (χ1n) is 10.8. The lowest BCUT2D eigenvalue weighted by molar-refractivity contribution is -0.114. The Bertz CT molecular complexity index is 1460. The van der Waals surface area contributed by atoms with E-state index in [2.05, 4.69) is 46.7 Å². The van der Waals surface area contributed by atoms with Gasteiger partial charge in [-0.05, 0) is 92.6 Å². The third-order valence-electron chi connectivity index (χ3n) is 5.79. The van der Waals surface area contributed by atoms with Crippen molar-refractivity contribution in [1.82, 2.24) is 9.58 Å². The first kappa shape index (κ1) is 22.0. The first-order chi connectivity index (χ1) is 16.2. The Labute approximate surface area is 201 Å². The van der Waals surface area contributed by atoms with Crippen molar-refractivity contribution < 1.29 is 9.18 Å². The summed E-state index contributed by atoms with van der Waals surface area (Å²) in [5.74, 6) is -1.00. The molecular formula is C26H22FN5OS. The van der Waals surface area contributed by atoms with Gasteiger partial charge in [0.2, 0.25) is 5.17 Å². The first-order valence-corrected chi connectivity index (χ1v) is 11.6. The number of thioether (sulfide) groups is 1. The summed E-state index contributed by atoms with van der Waals surface area (Å²) >= 11 is 1.08. The minimum Gasteiger partial charge on any atom is -0.318 e. The average Bonchev–Trinajstić information content (AvgIpc) is 3.31. The molecule has 1 N–H and O–H groups in total. The van der Waals surface area contributed by atoms with Crippen LogP contribution in [0.3, 0.4) is 0 Å². The van der Waals surface area contributed by atoms with Gasteiger partial charge in [0.1, 0.15) is 10.9 Å². The van der Waals surface area contributed by atoms with E-state index in [9.17, 15) is 9.18 Å². The van der Waals surface area contributed by atoms with E-state index >= 15 is 0 Å². The summed E-state index contributed by atoms with van der Waals surface area (Å²) in [6.07, 6.45) is 1.69. The topological polar surface area (TPSA) is 73.8 Å². The number of benzene rings is 2. The van der Waals surface area contributed by atoms with E-state index in [4.69, 9.17) is 5.41 Å². The predicted octanol–water partition coefficient (Wildman–Crippen LogP) is 5.52. The zero-order chi connectivity index (χ0) is 24.1. The molecule has 2 aliphatic rings. The Kier molecular flexibility index (Phi) is 5.32. The van der Waals surface area contributed by atoms with Gasteiger partial charge < -0.3 is 4.57 Å². The van der Waals surface area contributed by atoms with E-state index in [1.54, 1.807) is 24.3 Å². The van der Waals surface area contributed by atoms with E-state index in [0.717, 1.165) is 34.4 Å². The third kappa shape index (κ3) is 3.70. The van der Waals surface area contributed by atoms with Crippen LogP contribution < -0.4 is 0 Å². The molecule has 1 amide bonds. The molecule has 0 saturated heterocycles. The molecule has 6 nitrogen and oxygen atoms in total. The fourth-order valence-corrected chi connectivity index (χ4v) is 5.22. The van der Waals surface area contributed by atoms with Gasteiger partial charge in [-0.25, -0.2) is 4.39 Å². The predicted molar refractivity (Wildman–Crippen MR) is 135 cm³/mol. The Morgan fingerprint density at radius 1 is 1.03 bits per heavy atom. The van der Waals surface area contributed by atoms with Crippen LogP contribution in [0.1, 0.15) is 33.6 Å². The standard InChI is InChI=1S/C26H22FN5OS/c1-14-9-15(2)11-19(10-14)31-16(3)12-18(17(31)4)13-21-23(28)32-26(29-24(21)33)34-25(30-32)20-7-5-6-8-22(20)27/h5-13,28H,1-4H3/b21-13+,28-23?. The lowest BCUT2D eigenvalue weighted by Crippen LogP contribution is -2.35. The van der Waals surface area contributed by atoms with Crippen molar-refractivity contribution in [2.75, 3.05) is 0 Å². The molecule has 2 aliphatic heterocycles. The molecule has 0 unspecified atom stereocenters. The average molecular weight is 472 g/mol. The number of hydrogen-bond donors (Lipinski definition) is 1. The highest BCUT2D eigenvalue weighted by Gasteiger charge is 2.36. The van der Waals surface area contributed by atoms with E-state index < -0.39 is 11.7 Å². The molecule has 8 heteroatoms. The number of amidine groups is 2. The van der Waals surface area contributed by atoms with E-state index in [0.29, 0.717) is 10.6 Å². The zero-order valence-electron chi connectivity index (χ0n) is 19.2. The number of rotatable bonds is 3. The van der Waals surface area contributed by atoms with Crippen molar-refractivity contribution in [1.29, 1.82) is 5.41 Å². The number of hydrogen-bond acceptors (Lipinski definition) is 4. The molecule has 2 aromatic carbocycles. The van der Waals surface area contributed by atoms with Gasteiger partial charge in [-0.2, -0.15) is 15.1 Å². The van der Waals surface area contributed by atoms with Gasteiger partial charge >= 0.3 is 0 Å². The summed E-state index contributed by atoms with van der Waals surface area (Å²) in [5, 5.41) is 14.9. The zero-order valence-corrected chi connectivity index (χ0v) is 20.0. The van der Waals surface area contributed by atoms with E-state index in [1.807, 2.05) is 19.9 Å². The number of aryl methyl sites for hydroxylation is 3. The number of halogens is 1. The SMILES string of the molecule is Cc1cc(C)cc(-n2c(C)cc(/C=C3\C(=N)N4N=C(c5ccccc5F)SC4=NC3=O)c2C)c1. The summed E-state index contributed by atoms with van der Waals surface area (Å²) < 4.78 is 16.4. The molecule has 5 rings (SSSR count). The molecule has 3 aromatic rings. The van der Waals surface area contributed by atoms with Crippen LogP contribution in [0.5, 0.6) is 0 Å². The number of carbonyl (C=O) groups is 1. The van der Waals surface area contributed by atoms with Crippen molar-refractivity contribution in [2.45, 2.75) is 27.7 Å². The van der Waals surface area contributed by atoms with Crippen LogP contribution in [0.25, 0.3) is 11.8 Å². The lowest BCUT2D eigenvalue weighted by atomic mass is 10.1. The fraction of sp³-hybridized carbons (Fsp3) is 0.154. The maximum atomic E-state index is 14.2. The smallest absolute Gasteiger partial charge is 0.283 e. The molecule has 0 atom stereocenters. The second kappa shape index (κ2) is 8.22. The van der Waals surface area contributed by atoms with Gasteiger partial charge in [-0.1, -0.05) is 18.2 Å². The second-order valence-corrected chi connectivity index (χ2v) is 9.37. The van der Waals surface area contributed by atoms with Crippen molar-refractivity contribution in [3.05, 3.63) is 93.6 Å². The number of hydrazone groups is 1. The molecule has 34 heavy (non-hydrogen) atoms. The van der Waals surface area contributed by atoms with Gasteiger partial charge in [0, 0.05) is 22.6 Å². The molecule has 1 aromatic heterocycles. The van der Waals surface area contributed by atoms with Crippen LogP contribution in [0, 0.1) is 38.9 Å². The summed E-state index contributed by atoms with van der Waals surface area (Å²) in [7, 11) is 0. The van der Waals surface area contributed by atoms with Gasteiger partial charge in [-0.3, -0.25) is 10.2 Å². The Morgan fingerprint density at radius 3 is 2.44 bits per heavy atom. The lowest BCUT2D eigenvalue weighted by Gasteiger charge is -2.20. The van der Waals surface area contributed by atoms with Gasteiger partial charge in [0.15, 0.2) is 5.84 Å². The normalized spacial score (nSPS) is 16.7. The summed E-state index contributed by atoms with van der Waals surface area (Å²) in [5.41, 5.74) is 6.65. The van der Waals surface area contributed by atoms with Crippen LogP contribution in [0.15, 0.2) is 64.2 Å². The fourth-order valence-electron chi connectivity index (χ4n) is 4.30. The van der Waals surface area contributed by atoms with Crippen molar-refractivity contribution in [3.63, 3.8) is 0 Å². The number of aliphatic imine (C=N–C) groups is 1. The van der Waals surface area contributed by atoms with Crippen LogP contribution in [-0.2, 0) is 4.79 Å². The monoisotopic (exact) mass is 471 g/mol. The molecule has 0 bridgehead atoms. The molecule has 3 heterocycles. The van der Waals surface area contributed by atoms with Crippen LogP contribution >= 0.6 is 11.8 Å². The molecule has 170 valence electrons. The maximum Gasteiger partial charge on any atom is 0.283 e. The van der Waals surface area contributed by atoms with E-state index in [-0.39, 0.29) is 16.6 Å². The second-order valence-electron chi connectivity index (χ2n) is 8.41.